The number of hydrogen-bond donors (Lipinski definition) is 0. The average molecular weight is 148 g/mol. The highest BCUT2D eigenvalue weighted by atomic mass is 15.2. The topological polar surface area (TPSA) is 24.7 Å². The summed E-state index contributed by atoms with van der Waals surface area (Å²) in [5.41, 5.74) is 1.06. The van der Waals surface area contributed by atoms with Gasteiger partial charge in [-0.2, -0.15) is 10.2 Å². The van der Waals surface area contributed by atoms with Gasteiger partial charge in [0.2, 0.25) is 0 Å². The molecule has 0 N–H and O–H groups in total. The van der Waals surface area contributed by atoms with E-state index in [9.17, 15) is 0 Å². The van der Waals surface area contributed by atoms with Gasteiger partial charge in [-0.3, -0.25) is 0 Å². The molecular formula is C9H12N2. The molecule has 0 amide bonds. The van der Waals surface area contributed by atoms with Crippen molar-refractivity contribution in [3.63, 3.8) is 0 Å². The number of rotatable bonds is 5. The van der Waals surface area contributed by atoms with E-state index in [0.717, 1.165) is 12.0 Å². The van der Waals surface area contributed by atoms with Gasteiger partial charge in [0, 0.05) is 12.9 Å². The first-order chi connectivity index (χ1) is 5.35. The third-order valence-corrected chi connectivity index (χ3v) is 1.08. The Balaban J connectivity index is 4.09. The first-order valence-electron chi connectivity index (χ1n) is 3.26. The minimum absolute atomic E-state index is 0.798. The Morgan fingerprint density at radius 3 is 2.55 bits per heavy atom. The van der Waals surface area contributed by atoms with Crippen molar-refractivity contribution in [1.29, 1.82) is 0 Å². The van der Waals surface area contributed by atoms with E-state index in [0.29, 0.717) is 0 Å². The second-order valence-corrected chi connectivity index (χ2v) is 1.84. The molecule has 0 radical (unpaired) electrons. The molecule has 0 aromatic heterocycles. The Bertz CT molecular complexity index is 200. The minimum Gasteiger partial charge on any atom is -0.167 e. The number of allylic oxidation sites excluding steroid dienone is 4. The monoisotopic (exact) mass is 148 g/mol. The molecule has 0 unspecified atom stereocenters. The molecule has 0 aliphatic carbocycles. The lowest BCUT2D eigenvalue weighted by atomic mass is 10.2. The summed E-state index contributed by atoms with van der Waals surface area (Å²) in [7, 11) is 0. The lowest BCUT2D eigenvalue weighted by molar-refractivity contribution is 1.27. The Morgan fingerprint density at radius 2 is 2.09 bits per heavy atom. The molecule has 0 atom stereocenters. The normalized spacial score (nSPS) is 11.5. The smallest absolute Gasteiger partial charge is 0.0498 e. The maximum absolute atomic E-state index is 3.63. The van der Waals surface area contributed by atoms with Gasteiger partial charge in [0.15, 0.2) is 0 Å². The van der Waals surface area contributed by atoms with E-state index in [1.807, 2.05) is 12.2 Å². The lowest BCUT2D eigenvalue weighted by Gasteiger charge is -1.90. The van der Waals surface area contributed by atoms with Gasteiger partial charge in [0.1, 0.15) is 0 Å². The molecule has 58 valence electrons. The van der Waals surface area contributed by atoms with Gasteiger partial charge in [0.05, 0.1) is 0 Å². The maximum Gasteiger partial charge on any atom is 0.0498 e. The molecule has 11 heavy (non-hydrogen) atoms. The van der Waals surface area contributed by atoms with Crippen LogP contribution in [0.5, 0.6) is 0 Å². The predicted molar refractivity (Wildman–Crippen MR) is 51.1 cm³/mol. The molecule has 0 bridgehead atoms. The second-order valence-electron chi connectivity index (χ2n) is 1.84. The van der Waals surface area contributed by atoms with E-state index < -0.39 is 0 Å². The van der Waals surface area contributed by atoms with Gasteiger partial charge < -0.3 is 0 Å². The van der Waals surface area contributed by atoms with Gasteiger partial charge in [0.25, 0.3) is 0 Å². The molecule has 0 rings (SSSR count). The highest BCUT2D eigenvalue weighted by Crippen LogP contribution is 2.00. The van der Waals surface area contributed by atoms with Crippen LogP contribution in [0.15, 0.2) is 47.2 Å². The van der Waals surface area contributed by atoms with Crippen molar-refractivity contribution < 1.29 is 0 Å². The van der Waals surface area contributed by atoms with Gasteiger partial charge in [-0.15, -0.1) is 6.58 Å². The predicted octanol–water partition coefficient (Wildman–Crippen LogP) is 2.36. The average Bonchev–Trinajstić information content (AvgIpc) is 2.03. The van der Waals surface area contributed by atoms with Crippen LogP contribution in [0.4, 0.5) is 0 Å². The molecule has 0 saturated heterocycles. The van der Waals surface area contributed by atoms with Crippen molar-refractivity contribution in [3.05, 3.63) is 37.0 Å². The van der Waals surface area contributed by atoms with Crippen LogP contribution in [0, 0.1) is 0 Å². The van der Waals surface area contributed by atoms with E-state index in [1.165, 1.54) is 0 Å². The highest BCUT2D eigenvalue weighted by molar-refractivity contribution is 5.73. The molecule has 0 heterocycles. The summed E-state index contributed by atoms with van der Waals surface area (Å²) in [5.74, 6) is 0. The molecular weight excluding hydrogens is 136 g/mol. The van der Waals surface area contributed by atoms with E-state index in [4.69, 9.17) is 0 Å². The fourth-order valence-electron chi connectivity index (χ4n) is 0.562. The number of nitrogens with zero attached hydrogens (tertiary/aromatic N) is 2. The summed E-state index contributed by atoms with van der Waals surface area (Å²) in [6, 6.07) is 0. The van der Waals surface area contributed by atoms with Gasteiger partial charge in [-0.05, 0) is 18.1 Å². The van der Waals surface area contributed by atoms with Crippen molar-refractivity contribution in [2.24, 2.45) is 10.2 Å². The van der Waals surface area contributed by atoms with Crippen molar-refractivity contribution in [3.8, 4) is 0 Å². The third-order valence-electron chi connectivity index (χ3n) is 1.08. The molecule has 0 aliphatic heterocycles. The first-order valence-corrected chi connectivity index (χ1v) is 3.26. The highest BCUT2D eigenvalue weighted by Gasteiger charge is 1.83. The fraction of sp³-hybridized carbons (Fsp3) is 0.111. The summed E-state index contributed by atoms with van der Waals surface area (Å²) >= 11 is 0. The van der Waals surface area contributed by atoms with Gasteiger partial charge in [-0.25, -0.2) is 0 Å². The largest absolute Gasteiger partial charge is 0.167 e. The summed E-state index contributed by atoms with van der Waals surface area (Å²) in [6.07, 6.45) is 7.77. The Labute approximate surface area is 67.4 Å². The van der Waals surface area contributed by atoms with Crippen LogP contribution < -0.4 is 0 Å². The molecule has 0 spiro atoms. The molecule has 0 aromatic carbocycles. The quantitative estimate of drug-likeness (QED) is 0.247. The molecule has 0 aliphatic rings. The summed E-state index contributed by atoms with van der Waals surface area (Å²) in [6.45, 7) is 10.4. The third kappa shape index (κ3) is 5.03. The maximum atomic E-state index is 3.63. The van der Waals surface area contributed by atoms with E-state index >= 15 is 0 Å². The Hall–Kier alpha value is -1.44. The standard InChI is InChI=1S/C9H12N2/c1-4-6-9(5-2)7-8-11-10-3/h4-5,7-8H,1-3,6H2/b9-7-,11-8-. The molecule has 2 nitrogen and oxygen atoms in total. The van der Waals surface area contributed by atoms with Crippen LogP contribution in [-0.4, -0.2) is 12.9 Å². The summed E-state index contributed by atoms with van der Waals surface area (Å²) in [5, 5.41) is 6.89. The van der Waals surface area contributed by atoms with Crippen LogP contribution in [-0.2, 0) is 0 Å². The molecule has 0 aromatic rings. The van der Waals surface area contributed by atoms with Crippen LogP contribution in [0.2, 0.25) is 0 Å². The van der Waals surface area contributed by atoms with Gasteiger partial charge >= 0.3 is 0 Å². The van der Waals surface area contributed by atoms with Crippen molar-refractivity contribution in [2.45, 2.75) is 6.42 Å². The zero-order chi connectivity index (χ0) is 8.53. The fourth-order valence-corrected chi connectivity index (χ4v) is 0.562. The molecule has 0 saturated carbocycles. The molecule has 2 heteroatoms. The summed E-state index contributed by atoms with van der Waals surface area (Å²) in [4.78, 5) is 0. The van der Waals surface area contributed by atoms with E-state index in [-0.39, 0.29) is 0 Å². The zero-order valence-electron chi connectivity index (χ0n) is 6.53. The summed E-state index contributed by atoms with van der Waals surface area (Å²) < 4.78 is 0. The van der Waals surface area contributed by atoms with Crippen LogP contribution >= 0.6 is 0 Å². The first kappa shape index (κ1) is 9.56. The number of hydrogen-bond acceptors (Lipinski definition) is 2. The SMILES string of the molecule is C=CC/C(C=C)=C\C=N/N=C. The lowest BCUT2D eigenvalue weighted by Crippen LogP contribution is -1.75. The zero-order valence-corrected chi connectivity index (χ0v) is 6.53. The van der Waals surface area contributed by atoms with E-state index in [2.05, 4.69) is 30.1 Å². The Morgan fingerprint density at radius 1 is 1.36 bits per heavy atom. The van der Waals surface area contributed by atoms with Gasteiger partial charge in [-0.1, -0.05) is 18.7 Å². The van der Waals surface area contributed by atoms with E-state index in [1.54, 1.807) is 12.3 Å². The Kier molecular flexibility index (Phi) is 5.80. The van der Waals surface area contributed by atoms with Crippen molar-refractivity contribution in [1.82, 2.24) is 0 Å². The second kappa shape index (κ2) is 6.68. The van der Waals surface area contributed by atoms with Crippen molar-refractivity contribution >= 4 is 12.9 Å². The van der Waals surface area contributed by atoms with Crippen LogP contribution in [0.1, 0.15) is 6.42 Å². The molecule has 0 fully saturated rings. The van der Waals surface area contributed by atoms with Crippen molar-refractivity contribution in [2.75, 3.05) is 0 Å². The minimum atomic E-state index is 0.798. The van der Waals surface area contributed by atoms with Crippen LogP contribution in [0.25, 0.3) is 0 Å². The van der Waals surface area contributed by atoms with Crippen LogP contribution in [0.3, 0.4) is 0 Å².